The van der Waals surface area contributed by atoms with Crippen molar-refractivity contribution in [1.29, 1.82) is 0 Å². The van der Waals surface area contributed by atoms with Crippen LogP contribution in [0.4, 0.5) is 0 Å². The van der Waals surface area contributed by atoms with Crippen LogP contribution < -0.4 is 22.4 Å². The minimum Gasteiger partial charge on any atom is -0.480 e. The number of nitrogens with one attached hydrogen (secondary N) is 1. The number of guanidine groups is 1. The number of hydrogen-bond donors (Lipinski definition) is 5. The summed E-state index contributed by atoms with van der Waals surface area (Å²) >= 11 is 0. The summed E-state index contributed by atoms with van der Waals surface area (Å²) in [5.41, 5.74) is 11.6. The molecular formula is C40H60N4O8. The van der Waals surface area contributed by atoms with Crippen molar-refractivity contribution < 1.29 is 33.8 Å². The van der Waals surface area contributed by atoms with Gasteiger partial charge in [-0.1, -0.05) is 45.1 Å². The normalized spacial score (nSPS) is 31.2. The molecule has 52 heavy (non-hydrogen) atoms. The Morgan fingerprint density at radius 2 is 1.69 bits per heavy atom. The molecule has 0 saturated heterocycles. The van der Waals surface area contributed by atoms with E-state index in [4.69, 9.17) is 20.6 Å². The SMILES string of the molecule is C[C@]12CC[C@H](OC(=O)CCCCCCCCC(=O)N[C@@H](CCCN=C(N)N)C(=O)O)C=C1CC[C@@H]1[C@@H]2CC[C@]2(C)[C@@H](c3ccc(=O)oc3)CC[C@]12O. The molecule has 1 amide bonds. The summed E-state index contributed by atoms with van der Waals surface area (Å²) in [6.45, 7) is 4.93. The predicted octanol–water partition coefficient (Wildman–Crippen LogP) is 5.46. The van der Waals surface area contributed by atoms with Gasteiger partial charge in [0.05, 0.1) is 11.9 Å². The highest BCUT2D eigenvalue weighted by Crippen LogP contribution is 2.70. The molecule has 3 fully saturated rings. The molecule has 1 aromatic rings. The molecule has 12 heteroatoms. The molecule has 1 heterocycles. The van der Waals surface area contributed by atoms with Gasteiger partial charge in [-0.2, -0.15) is 0 Å². The van der Waals surface area contributed by atoms with E-state index in [0.717, 1.165) is 89.0 Å². The van der Waals surface area contributed by atoms with Crippen LogP contribution in [0.15, 0.2) is 44.2 Å². The lowest BCUT2D eigenvalue weighted by Gasteiger charge is -2.61. The quantitative estimate of drug-likeness (QED) is 0.0451. The van der Waals surface area contributed by atoms with Crippen molar-refractivity contribution in [2.24, 2.45) is 39.1 Å². The lowest BCUT2D eigenvalue weighted by molar-refractivity contribution is -0.178. The number of carbonyl (C=O) groups excluding carboxylic acids is 2. The number of aliphatic imine (C=N–C) groups is 1. The average molecular weight is 725 g/mol. The fourth-order valence-electron chi connectivity index (χ4n) is 10.4. The fraction of sp³-hybridized carbons (Fsp3) is 0.725. The number of carboxylic acid groups (broad SMARTS) is 1. The maximum absolute atomic E-state index is 12.8. The number of amides is 1. The van der Waals surface area contributed by atoms with Crippen molar-refractivity contribution in [2.45, 2.75) is 153 Å². The Labute approximate surface area is 307 Å². The van der Waals surface area contributed by atoms with Crippen LogP contribution in [0.25, 0.3) is 0 Å². The van der Waals surface area contributed by atoms with Crippen LogP contribution in [0.3, 0.4) is 0 Å². The third kappa shape index (κ3) is 8.75. The smallest absolute Gasteiger partial charge is 0.335 e. The van der Waals surface area contributed by atoms with Gasteiger partial charge in [0.15, 0.2) is 5.96 Å². The van der Waals surface area contributed by atoms with Gasteiger partial charge in [0.25, 0.3) is 0 Å². The van der Waals surface area contributed by atoms with Crippen LogP contribution in [-0.2, 0) is 19.1 Å². The second kappa shape index (κ2) is 17.0. The molecule has 5 rings (SSSR count). The number of esters is 1. The molecular weight excluding hydrogens is 664 g/mol. The zero-order valence-electron chi connectivity index (χ0n) is 31.1. The summed E-state index contributed by atoms with van der Waals surface area (Å²) in [4.78, 5) is 51.9. The van der Waals surface area contributed by atoms with Crippen LogP contribution in [0.1, 0.15) is 141 Å². The molecule has 1 aromatic heterocycles. The minimum atomic E-state index is -1.07. The van der Waals surface area contributed by atoms with E-state index in [0.29, 0.717) is 31.7 Å². The number of carboxylic acids is 1. The third-order valence-electron chi connectivity index (χ3n) is 13.3. The van der Waals surface area contributed by atoms with Crippen molar-refractivity contribution >= 4 is 23.8 Å². The molecule has 0 radical (unpaired) electrons. The Kier molecular flexibility index (Phi) is 12.9. The number of rotatable bonds is 17. The standard InChI is InChI=1S/C40H60N4O8/c1-38-20-17-28(52-35(47)12-8-6-4-3-5-7-11-33(45)44-32(36(48)49)10-9-23-43-37(41)42)24-27(38)14-15-31-30(38)18-21-39(2)29(19-22-40(31,39)50)26-13-16-34(46)51-25-26/h13,16,24-25,28-32,50H,3-12,14-15,17-23H2,1-2H3,(H,44,45)(H,48,49)(H4,41,42,43)/t28-,29+,30-,31+,32-,38-,39+,40-/m0/s1. The molecule has 0 spiro atoms. The fourth-order valence-corrected chi connectivity index (χ4v) is 10.4. The second-order valence-corrected chi connectivity index (χ2v) is 16.3. The van der Waals surface area contributed by atoms with Crippen molar-refractivity contribution in [1.82, 2.24) is 5.32 Å². The zero-order chi connectivity index (χ0) is 37.5. The van der Waals surface area contributed by atoms with Gasteiger partial charge in [0, 0.05) is 30.9 Å². The summed E-state index contributed by atoms with van der Waals surface area (Å²) in [7, 11) is 0. The molecule has 0 unspecified atom stereocenters. The number of hydrogen-bond acceptors (Lipinski definition) is 8. The Morgan fingerprint density at radius 1 is 0.962 bits per heavy atom. The Hall–Kier alpha value is -3.67. The number of unbranched alkanes of at least 4 members (excludes halogenated alkanes) is 5. The molecule has 8 atom stereocenters. The van der Waals surface area contributed by atoms with Crippen LogP contribution in [0, 0.1) is 22.7 Å². The lowest BCUT2D eigenvalue weighted by atomic mass is 9.45. The van der Waals surface area contributed by atoms with E-state index in [1.807, 2.05) is 6.07 Å². The first-order valence-electron chi connectivity index (χ1n) is 19.6. The van der Waals surface area contributed by atoms with Gasteiger partial charge < -0.3 is 36.2 Å². The molecule has 7 N–H and O–H groups in total. The number of ether oxygens (including phenoxy) is 1. The topological polar surface area (TPSA) is 208 Å². The number of aliphatic hydroxyl groups is 1. The van der Waals surface area contributed by atoms with Gasteiger partial charge in [-0.05, 0) is 118 Å². The van der Waals surface area contributed by atoms with Crippen LogP contribution in [0.2, 0.25) is 0 Å². The maximum Gasteiger partial charge on any atom is 0.335 e. The van der Waals surface area contributed by atoms with Crippen molar-refractivity contribution in [3.63, 3.8) is 0 Å². The summed E-state index contributed by atoms with van der Waals surface area (Å²) in [6, 6.07) is 2.41. The second-order valence-electron chi connectivity index (χ2n) is 16.3. The van der Waals surface area contributed by atoms with Crippen molar-refractivity contribution in [3.8, 4) is 0 Å². The number of fused-ring (bicyclic) bond motifs is 5. The highest BCUT2D eigenvalue weighted by atomic mass is 16.5. The summed E-state index contributed by atoms with van der Waals surface area (Å²) in [5, 5.41) is 24.4. The monoisotopic (exact) mass is 724 g/mol. The van der Waals surface area contributed by atoms with E-state index in [2.05, 4.69) is 30.2 Å². The number of allylic oxidation sites excluding steroid dienone is 1. The van der Waals surface area contributed by atoms with Gasteiger partial charge in [-0.25, -0.2) is 9.59 Å². The van der Waals surface area contributed by atoms with Gasteiger partial charge in [-0.15, -0.1) is 0 Å². The van der Waals surface area contributed by atoms with E-state index in [-0.39, 0.29) is 65.1 Å². The molecule has 0 aliphatic heterocycles. The Balaban J connectivity index is 0.999. The number of carbonyl (C=O) groups is 3. The molecule has 4 aliphatic carbocycles. The van der Waals surface area contributed by atoms with E-state index in [9.17, 15) is 29.4 Å². The lowest BCUT2D eigenvalue weighted by Crippen LogP contribution is -2.60. The number of aliphatic carboxylic acids is 1. The Morgan fingerprint density at radius 3 is 2.38 bits per heavy atom. The van der Waals surface area contributed by atoms with Gasteiger partial charge in [0.2, 0.25) is 5.91 Å². The molecule has 3 saturated carbocycles. The molecule has 0 aromatic carbocycles. The molecule has 0 bridgehead atoms. The first-order valence-corrected chi connectivity index (χ1v) is 19.6. The molecule has 12 nitrogen and oxygen atoms in total. The third-order valence-corrected chi connectivity index (χ3v) is 13.3. The van der Waals surface area contributed by atoms with Crippen LogP contribution in [-0.4, -0.2) is 58.3 Å². The first kappa shape index (κ1) is 39.5. The average Bonchev–Trinajstić information content (AvgIpc) is 3.38. The van der Waals surface area contributed by atoms with Gasteiger partial charge in [-0.3, -0.25) is 14.6 Å². The molecule has 4 aliphatic rings. The van der Waals surface area contributed by atoms with E-state index < -0.39 is 17.6 Å². The van der Waals surface area contributed by atoms with Gasteiger partial charge in [0.1, 0.15) is 12.1 Å². The number of nitrogens with zero attached hydrogens (tertiary/aromatic N) is 1. The Bertz CT molecular complexity index is 1530. The highest BCUT2D eigenvalue weighted by Gasteiger charge is 2.66. The first-order chi connectivity index (χ1) is 24.8. The zero-order valence-corrected chi connectivity index (χ0v) is 31.1. The summed E-state index contributed by atoms with van der Waals surface area (Å²) < 4.78 is 11.2. The summed E-state index contributed by atoms with van der Waals surface area (Å²) in [6.07, 6.45) is 17.3. The van der Waals surface area contributed by atoms with Crippen molar-refractivity contribution in [3.05, 3.63) is 46.0 Å². The molecule has 288 valence electrons. The summed E-state index contributed by atoms with van der Waals surface area (Å²) in [5.74, 6) is -0.771. The van der Waals surface area contributed by atoms with E-state index in [1.165, 1.54) is 11.6 Å². The van der Waals surface area contributed by atoms with Gasteiger partial charge >= 0.3 is 17.6 Å². The number of nitrogens with two attached hydrogens (primary N) is 2. The minimum absolute atomic E-state index is 0.00539. The van der Waals surface area contributed by atoms with E-state index >= 15 is 0 Å². The van der Waals surface area contributed by atoms with Crippen molar-refractivity contribution in [2.75, 3.05) is 6.54 Å². The van der Waals surface area contributed by atoms with E-state index in [1.54, 1.807) is 6.26 Å². The highest BCUT2D eigenvalue weighted by molar-refractivity contribution is 5.83. The van der Waals surface area contributed by atoms with Crippen LogP contribution >= 0.6 is 0 Å². The maximum atomic E-state index is 12.8. The van der Waals surface area contributed by atoms with Crippen LogP contribution in [0.5, 0.6) is 0 Å². The largest absolute Gasteiger partial charge is 0.480 e. The predicted molar refractivity (Wildman–Crippen MR) is 197 cm³/mol.